The minimum Gasteiger partial charge on any atom is -1.00 e. The third kappa shape index (κ3) is 18.4. The summed E-state index contributed by atoms with van der Waals surface area (Å²) in [5.74, 6) is -0.481. The number of nitrogens with two attached hydrogens (primary N) is 1. The first-order valence-corrected chi connectivity index (χ1v) is 4.13. The minimum atomic E-state index is -0.481. The molecule has 0 saturated heterocycles. The van der Waals surface area contributed by atoms with Crippen LogP contribution < -0.4 is 18.1 Å². The van der Waals surface area contributed by atoms with E-state index in [0.29, 0.717) is 0 Å². The van der Waals surface area contributed by atoms with E-state index in [9.17, 15) is 4.79 Å². The molecule has 0 radical (unpaired) electrons. The van der Waals surface area contributed by atoms with Crippen molar-refractivity contribution in [1.29, 1.82) is 0 Å². The zero-order chi connectivity index (χ0) is 10.2. The average Bonchev–Trinajstić information content (AvgIpc) is 2.05. The van der Waals surface area contributed by atoms with Crippen LogP contribution in [0.4, 0.5) is 0 Å². The molecule has 0 aliphatic heterocycles. The number of carbonyl (C=O) groups excluding carboxylic acids is 1. The highest BCUT2D eigenvalue weighted by molar-refractivity contribution is 5.84. The number of nitrogens with zero attached hydrogens (tertiary/aromatic N) is 1. The molecule has 2 N–H and O–H groups in total. The van der Waals surface area contributed by atoms with Gasteiger partial charge in [-0.05, 0) is 19.9 Å². The van der Waals surface area contributed by atoms with Gasteiger partial charge in [-0.3, -0.25) is 4.79 Å². The van der Waals surface area contributed by atoms with E-state index < -0.39 is 5.91 Å². The molecule has 0 rings (SSSR count). The van der Waals surface area contributed by atoms with Gasteiger partial charge in [-0.15, -0.1) is 0 Å². The highest BCUT2D eigenvalue weighted by Crippen LogP contribution is 1.91. The standard InChI is InChI=1S/C6H16N.C3H5NO.ClH/c1-5-7(3,4)6-2;1-2-3(4)5;/h5-6H2,1-4H3;2H,1H2,(H2,4,5);1H/q+1;;/p-1. The topological polar surface area (TPSA) is 43.1 Å². The van der Waals surface area contributed by atoms with Crippen molar-refractivity contribution >= 4 is 5.91 Å². The van der Waals surface area contributed by atoms with Gasteiger partial charge in [0, 0.05) is 0 Å². The lowest BCUT2D eigenvalue weighted by molar-refractivity contribution is -0.886. The maximum atomic E-state index is 9.47. The Morgan fingerprint density at radius 1 is 1.38 bits per heavy atom. The molecule has 0 aromatic rings. The first kappa shape index (κ1) is 18.3. The summed E-state index contributed by atoms with van der Waals surface area (Å²) < 4.78 is 1.14. The fourth-order valence-electron chi connectivity index (χ4n) is 0.224. The van der Waals surface area contributed by atoms with E-state index in [4.69, 9.17) is 0 Å². The molecule has 0 aliphatic carbocycles. The Balaban J connectivity index is -0.000000150. The van der Waals surface area contributed by atoms with Crippen LogP contribution in [0, 0.1) is 0 Å². The molecule has 80 valence electrons. The summed E-state index contributed by atoms with van der Waals surface area (Å²) >= 11 is 0. The normalized spacial score (nSPS) is 8.92. The van der Waals surface area contributed by atoms with Gasteiger partial charge in [-0.1, -0.05) is 6.58 Å². The van der Waals surface area contributed by atoms with E-state index in [1.165, 1.54) is 13.1 Å². The number of carbonyl (C=O) groups is 1. The summed E-state index contributed by atoms with van der Waals surface area (Å²) in [6.07, 6.45) is 1.06. The summed E-state index contributed by atoms with van der Waals surface area (Å²) in [5.41, 5.74) is 4.53. The van der Waals surface area contributed by atoms with E-state index >= 15 is 0 Å². The zero-order valence-electron chi connectivity index (χ0n) is 9.01. The quantitative estimate of drug-likeness (QED) is 0.414. The molecule has 0 aromatic carbocycles. The second-order valence-electron chi connectivity index (χ2n) is 3.17. The van der Waals surface area contributed by atoms with Crippen LogP contribution in [0.3, 0.4) is 0 Å². The Morgan fingerprint density at radius 3 is 1.62 bits per heavy atom. The molecule has 0 spiro atoms. The molecule has 13 heavy (non-hydrogen) atoms. The largest absolute Gasteiger partial charge is 1.00 e. The van der Waals surface area contributed by atoms with Gasteiger partial charge >= 0.3 is 0 Å². The first-order chi connectivity index (χ1) is 5.39. The Morgan fingerprint density at radius 2 is 1.62 bits per heavy atom. The molecule has 0 heterocycles. The number of amides is 1. The first-order valence-electron chi connectivity index (χ1n) is 4.13. The van der Waals surface area contributed by atoms with Gasteiger partial charge in [0.2, 0.25) is 5.91 Å². The Bertz CT molecular complexity index is 141. The molecule has 3 nitrogen and oxygen atoms in total. The van der Waals surface area contributed by atoms with Gasteiger partial charge in [0.1, 0.15) is 0 Å². The van der Waals surface area contributed by atoms with Crippen molar-refractivity contribution in [2.45, 2.75) is 13.8 Å². The van der Waals surface area contributed by atoms with Gasteiger partial charge in [0.25, 0.3) is 0 Å². The van der Waals surface area contributed by atoms with Crippen molar-refractivity contribution in [1.82, 2.24) is 0 Å². The van der Waals surface area contributed by atoms with Gasteiger partial charge in [0.05, 0.1) is 27.2 Å². The van der Waals surface area contributed by atoms with E-state index in [1.807, 2.05) is 0 Å². The molecule has 0 unspecified atom stereocenters. The lowest BCUT2D eigenvalue weighted by atomic mass is 10.5. The lowest BCUT2D eigenvalue weighted by Crippen LogP contribution is -3.00. The average molecular weight is 209 g/mol. The van der Waals surface area contributed by atoms with Gasteiger partial charge in [-0.25, -0.2) is 0 Å². The van der Waals surface area contributed by atoms with Crippen molar-refractivity contribution in [3.05, 3.63) is 12.7 Å². The number of hydrogen-bond donors (Lipinski definition) is 1. The number of quaternary nitrogens is 1. The molecular weight excluding hydrogens is 188 g/mol. The Kier molecular flexibility index (Phi) is 13.4. The molecule has 0 aliphatic rings. The van der Waals surface area contributed by atoms with Gasteiger partial charge < -0.3 is 22.6 Å². The third-order valence-electron chi connectivity index (χ3n) is 1.91. The minimum absolute atomic E-state index is 0. The van der Waals surface area contributed by atoms with E-state index in [2.05, 4.69) is 40.3 Å². The van der Waals surface area contributed by atoms with Crippen LogP contribution >= 0.6 is 0 Å². The van der Waals surface area contributed by atoms with Crippen LogP contribution in [-0.2, 0) is 4.79 Å². The van der Waals surface area contributed by atoms with Crippen LogP contribution in [0.2, 0.25) is 0 Å². The lowest BCUT2D eigenvalue weighted by Gasteiger charge is -2.25. The van der Waals surface area contributed by atoms with Crippen molar-refractivity contribution in [2.75, 3.05) is 27.2 Å². The highest BCUT2D eigenvalue weighted by Gasteiger charge is 2.04. The van der Waals surface area contributed by atoms with Gasteiger partial charge in [0.15, 0.2) is 0 Å². The van der Waals surface area contributed by atoms with Crippen molar-refractivity contribution in [3.63, 3.8) is 0 Å². The van der Waals surface area contributed by atoms with Crippen LogP contribution in [-0.4, -0.2) is 37.6 Å². The summed E-state index contributed by atoms with van der Waals surface area (Å²) in [6, 6.07) is 0. The summed E-state index contributed by atoms with van der Waals surface area (Å²) in [6.45, 7) is 9.97. The molecule has 0 atom stereocenters. The third-order valence-corrected chi connectivity index (χ3v) is 1.91. The zero-order valence-corrected chi connectivity index (χ0v) is 9.77. The molecule has 1 amide bonds. The second-order valence-corrected chi connectivity index (χ2v) is 3.17. The van der Waals surface area contributed by atoms with Crippen molar-refractivity contribution in [3.8, 4) is 0 Å². The van der Waals surface area contributed by atoms with E-state index in [1.54, 1.807) is 0 Å². The fourth-order valence-corrected chi connectivity index (χ4v) is 0.224. The fraction of sp³-hybridized carbons (Fsp3) is 0.667. The number of rotatable bonds is 3. The monoisotopic (exact) mass is 208 g/mol. The predicted octanol–water partition coefficient (Wildman–Crippen LogP) is -2.24. The maximum Gasteiger partial charge on any atom is 0.240 e. The molecule has 0 bridgehead atoms. The van der Waals surface area contributed by atoms with Crippen LogP contribution in [0.5, 0.6) is 0 Å². The predicted molar refractivity (Wildman–Crippen MR) is 52.6 cm³/mol. The smallest absolute Gasteiger partial charge is 0.240 e. The Hall–Kier alpha value is -0.540. The molecule has 0 fully saturated rings. The van der Waals surface area contributed by atoms with E-state index in [-0.39, 0.29) is 12.4 Å². The summed E-state index contributed by atoms with van der Waals surface area (Å²) in [5, 5.41) is 0. The number of halogens is 1. The van der Waals surface area contributed by atoms with Crippen LogP contribution in [0.1, 0.15) is 13.8 Å². The van der Waals surface area contributed by atoms with Crippen molar-refractivity contribution in [2.24, 2.45) is 5.73 Å². The molecule has 0 aromatic heterocycles. The number of hydrogen-bond acceptors (Lipinski definition) is 1. The highest BCUT2D eigenvalue weighted by atomic mass is 35.5. The molecule has 4 heteroatoms. The van der Waals surface area contributed by atoms with Crippen LogP contribution in [0.15, 0.2) is 12.7 Å². The molecule has 0 saturated carbocycles. The van der Waals surface area contributed by atoms with Gasteiger partial charge in [-0.2, -0.15) is 0 Å². The second kappa shape index (κ2) is 9.55. The van der Waals surface area contributed by atoms with E-state index in [0.717, 1.165) is 10.6 Å². The van der Waals surface area contributed by atoms with Crippen molar-refractivity contribution < 1.29 is 21.7 Å². The maximum absolute atomic E-state index is 9.47. The summed E-state index contributed by atoms with van der Waals surface area (Å²) in [7, 11) is 4.47. The Labute approximate surface area is 87.6 Å². The molecular formula is C9H21ClN2O. The number of primary amides is 1. The summed E-state index contributed by atoms with van der Waals surface area (Å²) in [4.78, 5) is 9.47. The van der Waals surface area contributed by atoms with Crippen LogP contribution in [0.25, 0.3) is 0 Å². The SMILES string of the molecule is C=CC(N)=O.CC[N+](C)(C)CC.[Cl-].